The first kappa shape index (κ1) is 18.6. The molecule has 0 aliphatic carbocycles. The van der Waals surface area contributed by atoms with Crippen LogP contribution in [-0.4, -0.2) is 50.4 Å². The second-order valence-corrected chi connectivity index (χ2v) is 6.73. The maximum Gasteiger partial charge on any atom is 0.414 e. The summed E-state index contributed by atoms with van der Waals surface area (Å²) in [5.41, 5.74) is 0.793. The van der Waals surface area contributed by atoms with Crippen LogP contribution < -0.4 is 15.1 Å². The van der Waals surface area contributed by atoms with E-state index in [1.54, 1.807) is 52.1 Å². The lowest BCUT2D eigenvalue weighted by Crippen LogP contribution is -2.38. The number of hydrogen-bond donors (Lipinski definition) is 1. The van der Waals surface area contributed by atoms with Gasteiger partial charge in [0.05, 0.1) is 13.1 Å². The lowest BCUT2D eigenvalue weighted by Gasteiger charge is -2.20. The van der Waals surface area contributed by atoms with Crippen LogP contribution in [0.15, 0.2) is 24.3 Å². The van der Waals surface area contributed by atoms with Crippen molar-refractivity contribution < 1.29 is 23.9 Å². The van der Waals surface area contributed by atoms with Gasteiger partial charge >= 0.3 is 12.2 Å². The van der Waals surface area contributed by atoms with Crippen molar-refractivity contribution in [3.05, 3.63) is 24.3 Å². The highest BCUT2D eigenvalue weighted by molar-refractivity contribution is 5.90. The van der Waals surface area contributed by atoms with Crippen molar-refractivity contribution in [1.82, 2.24) is 5.32 Å². The fraction of sp³-hybridized carbons (Fsp3) is 0.471. The van der Waals surface area contributed by atoms with Crippen LogP contribution in [0, 0.1) is 0 Å². The van der Waals surface area contributed by atoms with Gasteiger partial charge in [0, 0.05) is 18.4 Å². The molecule has 1 saturated heterocycles. The second-order valence-electron chi connectivity index (χ2n) is 6.73. The number of carbonyl (C=O) groups is 3. The average Bonchev–Trinajstić information content (AvgIpc) is 2.92. The second kappa shape index (κ2) is 7.42. The minimum atomic E-state index is -0.584. The molecule has 0 saturated carbocycles. The number of nitrogens with one attached hydrogen (secondary N) is 1. The number of hydrogen-bond acceptors (Lipinski definition) is 5. The van der Waals surface area contributed by atoms with Gasteiger partial charge in [-0.15, -0.1) is 0 Å². The normalized spacial score (nSPS) is 17.0. The number of ether oxygens (including phenoxy) is 2. The lowest BCUT2D eigenvalue weighted by molar-refractivity contribution is -0.107. The molecule has 1 aromatic carbocycles. The van der Waals surface area contributed by atoms with E-state index in [1.807, 2.05) is 0 Å². The highest BCUT2D eigenvalue weighted by Gasteiger charge is 2.32. The molecule has 1 aromatic rings. The maximum atomic E-state index is 12.0. The van der Waals surface area contributed by atoms with Gasteiger partial charge in [-0.2, -0.15) is 0 Å². The summed E-state index contributed by atoms with van der Waals surface area (Å²) in [6.07, 6.45) is -0.787. The Morgan fingerprint density at radius 3 is 2.60 bits per heavy atom. The van der Waals surface area contributed by atoms with Crippen LogP contribution in [0.3, 0.4) is 0 Å². The van der Waals surface area contributed by atoms with E-state index in [2.05, 4.69) is 5.32 Å². The molecule has 8 nitrogen and oxygen atoms in total. The molecule has 1 unspecified atom stereocenters. The lowest BCUT2D eigenvalue weighted by atomic mass is 10.2. The number of amides is 3. The van der Waals surface area contributed by atoms with Crippen molar-refractivity contribution >= 4 is 30.0 Å². The molecule has 1 atom stereocenters. The highest BCUT2D eigenvalue weighted by Crippen LogP contribution is 2.24. The Kier molecular flexibility index (Phi) is 5.51. The molecule has 1 aliphatic rings. The van der Waals surface area contributed by atoms with E-state index in [1.165, 1.54) is 9.80 Å². The first-order chi connectivity index (χ1) is 11.7. The number of benzene rings is 1. The van der Waals surface area contributed by atoms with Crippen LogP contribution in [-0.2, 0) is 14.3 Å². The number of cyclic esters (lactones) is 1. The summed E-state index contributed by atoms with van der Waals surface area (Å²) >= 11 is 0. The van der Waals surface area contributed by atoms with E-state index >= 15 is 0 Å². The predicted molar refractivity (Wildman–Crippen MR) is 92.8 cm³/mol. The first-order valence-corrected chi connectivity index (χ1v) is 7.93. The Morgan fingerprint density at radius 2 is 2.04 bits per heavy atom. The van der Waals surface area contributed by atoms with Gasteiger partial charge in [-0.25, -0.2) is 9.59 Å². The van der Waals surface area contributed by atoms with Crippen LogP contribution >= 0.6 is 0 Å². The minimum Gasteiger partial charge on any atom is -0.444 e. The quantitative estimate of drug-likeness (QED) is 0.823. The monoisotopic (exact) mass is 349 g/mol. The van der Waals surface area contributed by atoms with Gasteiger partial charge in [0.15, 0.2) is 0 Å². The van der Waals surface area contributed by atoms with Crippen molar-refractivity contribution in [3.63, 3.8) is 0 Å². The van der Waals surface area contributed by atoms with Crippen molar-refractivity contribution in [2.24, 2.45) is 0 Å². The molecule has 136 valence electrons. The van der Waals surface area contributed by atoms with Crippen molar-refractivity contribution in [1.29, 1.82) is 0 Å². The molecule has 25 heavy (non-hydrogen) atoms. The molecule has 2 rings (SSSR count). The Bertz CT molecular complexity index is 639. The summed E-state index contributed by atoms with van der Waals surface area (Å²) in [6, 6.07) is 6.95. The van der Waals surface area contributed by atoms with Crippen LogP contribution in [0.1, 0.15) is 20.8 Å². The molecule has 0 spiro atoms. The molecule has 1 fully saturated rings. The van der Waals surface area contributed by atoms with Gasteiger partial charge in [0.2, 0.25) is 6.41 Å². The summed E-state index contributed by atoms with van der Waals surface area (Å²) in [4.78, 5) is 37.3. The van der Waals surface area contributed by atoms with E-state index in [9.17, 15) is 14.4 Å². The number of nitrogens with zero attached hydrogens (tertiary/aromatic N) is 2. The number of anilines is 2. The molecular weight excluding hydrogens is 326 g/mol. The van der Waals surface area contributed by atoms with Gasteiger partial charge in [-0.3, -0.25) is 9.69 Å². The molecule has 0 bridgehead atoms. The zero-order valence-electron chi connectivity index (χ0n) is 14.8. The summed E-state index contributed by atoms with van der Waals surface area (Å²) in [6.45, 7) is 5.81. The minimum absolute atomic E-state index is 0.170. The van der Waals surface area contributed by atoms with Gasteiger partial charge in [0.25, 0.3) is 0 Å². The van der Waals surface area contributed by atoms with Crippen molar-refractivity contribution in [2.45, 2.75) is 32.5 Å². The number of alkyl carbamates (subject to hydrolysis) is 1. The maximum absolute atomic E-state index is 12.0. The molecule has 1 N–H and O–H groups in total. The molecule has 8 heteroatoms. The largest absolute Gasteiger partial charge is 0.444 e. The van der Waals surface area contributed by atoms with Gasteiger partial charge in [0.1, 0.15) is 11.7 Å². The average molecular weight is 349 g/mol. The smallest absolute Gasteiger partial charge is 0.414 e. The van der Waals surface area contributed by atoms with Gasteiger partial charge in [-0.1, -0.05) is 0 Å². The Labute approximate surface area is 146 Å². The molecule has 1 heterocycles. The third-order valence-electron chi connectivity index (χ3n) is 3.47. The Hall–Kier alpha value is -2.77. The molecule has 1 aliphatic heterocycles. The van der Waals surface area contributed by atoms with E-state index in [4.69, 9.17) is 9.47 Å². The SMILES string of the molecule is CN(C=O)c1ccc(N2CC(CNC(=O)OC(C)(C)C)OC2=O)cc1. The molecule has 0 radical (unpaired) electrons. The van der Waals surface area contributed by atoms with Gasteiger partial charge in [-0.05, 0) is 45.0 Å². The third kappa shape index (κ3) is 5.10. The Balaban J connectivity index is 1.91. The fourth-order valence-electron chi connectivity index (χ4n) is 2.28. The predicted octanol–water partition coefficient (Wildman–Crippen LogP) is 2.13. The highest BCUT2D eigenvalue weighted by atomic mass is 16.6. The van der Waals surface area contributed by atoms with Crippen LogP contribution in [0.5, 0.6) is 0 Å². The van der Waals surface area contributed by atoms with E-state index < -0.39 is 23.9 Å². The summed E-state index contributed by atoms with van der Waals surface area (Å²) in [5, 5.41) is 2.59. The van der Waals surface area contributed by atoms with Gasteiger partial charge < -0.3 is 19.7 Å². The number of carbonyl (C=O) groups excluding carboxylic acids is 3. The zero-order valence-corrected chi connectivity index (χ0v) is 14.8. The van der Waals surface area contributed by atoms with Crippen molar-refractivity contribution in [3.8, 4) is 0 Å². The third-order valence-corrected chi connectivity index (χ3v) is 3.47. The first-order valence-electron chi connectivity index (χ1n) is 7.93. The van der Waals surface area contributed by atoms with E-state index in [0.29, 0.717) is 18.6 Å². The topological polar surface area (TPSA) is 88.2 Å². The van der Waals surface area contributed by atoms with Crippen molar-refractivity contribution in [2.75, 3.05) is 29.9 Å². The molecule has 0 aromatic heterocycles. The van der Waals surface area contributed by atoms with Crippen LogP contribution in [0.4, 0.5) is 21.0 Å². The van der Waals surface area contributed by atoms with E-state index in [0.717, 1.165) is 5.69 Å². The van der Waals surface area contributed by atoms with Crippen LogP contribution in [0.25, 0.3) is 0 Å². The molecular formula is C17H23N3O5. The fourth-order valence-corrected chi connectivity index (χ4v) is 2.28. The zero-order chi connectivity index (χ0) is 18.6. The van der Waals surface area contributed by atoms with E-state index in [-0.39, 0.29) is 6.54 Å². The Morgan fingerprint density at radius 1 is 1.40 bits per heavy atom. The standard InChI is InChI=1S/C17H23N3O5/c1-17(2,3)25-15(22)18-9-14-10-20(16(23)24-14)13-7-5-12(6-8-13)19(4)11-21/h5-8,11,14H,9-10H2,1-4H3,(H,18,22). The number of rotatable bonds is 5. The summed E-state index contributed by atoms with van der Waals surface area (Å²) in [5.74, 6) is 0. The van der Waals surface area contributed by atoms with Crippen LogP contribution in [0.2, 0.25) is 0 Å². The summed E-state index contributed by atoms with van der Waals surface area (Å²) in [7, 11) is 1.64. The summed E-state index contributed by atoms with van der Waals surface area (Å²) < 4.78 is 10.4. The molecule has 3 amide bonds.